The van der Waals surface area contributed by atoms with Gasteiger partial charge in [-0.2, -0.15) is 5.10 Å². The number of hydrogen-bond donors (Lipinski definition) is 1. The molecule has 8 heteroatoms. The van der Waals surface area contributed by atoms with Crippen LogP contribution in [0.2, 0.25) is 0 Å². The zero-order chi connectivity index (χ0) is 19.2. The summed E-state index contributed by atoms with van der Waals surface area (Å²) in [5.74, 6) is 1.47. The van der Waals surface area contributed by atoms with Gasteiger partial charge in [-0.15, -0.1) is 10.2 Å². The fourth-order valence-corrected chi connectivity index (χ4v) is 2.76. The van der Waals surface area contributed by atoms with E-state index in [1.807, 2.05) is 31.2 Å². The summed E-state index contributed by atoms with van der Waals surface area (Å²) >= 11 is 0. The molecule has 0 aliphatic heterocycles. The first kappa shape index (κ1) is 18.4. The third-order valence-electron chi connectivity index (χ3n) is 4.13. The van der Waals surface area contributed by atoms with E-state index in [1.54, 1.807) is 30.1 Å². The van der Waals surface area contributed by atoms with Crippen LogP contribution in [-0.4, -0.2) is 40.1 Å². The van der Waals surface area contributed by atoms with Gasteiger partial charge in [-0.25, -0.2) is 4.68 Å². The second-order valence-electron chi connectivity index (χ2n) is 5.70. The zero-order valence-electron chi connectivity index (χ0n) is 15.5. The minimum Gasteiger partial charge on any atom is -0.496 e. The third-order valence-corrected chi connectivity index (χ3v) is 4.13. The Hall–Kier alpha value is -3.42. The summed E-state index contributed by atoms with van der Waals surface area (Å²) in [6, 6.07) is 11.0. The predicted molar refractivity (Wildman–Crippen MR) is 99.2 cm³/mol. The molecule has 0 saturated heterocycles. The number of para-hydroxylation sites is 1. The summed E-state index contributed by atoms with van der Waals surface area (Å²) in [5.41, 5.74) is 2.16. The molecule has 0 aliphatic carbocycles. The molecule has 3 aromatic rings. The van der Waals surface area contributed by atoms with E-state index in [-0.39, 0.29) is 5.91 Å². The van der Waals surface area contributed by atoms with Gasteiger partial charge in [0.1, 0.15) is 5.75 Å². The summed E-state index contributed by atoms with van der Waals surface area (Å²) in [6.45, 7) is 2.32. The summed E-state index contributed by atoms with van der Waals surface area (Å²) in [5, 5.41) is 15.3. The van der Waals surface area contributed by atoms with Gasteiger partial charge in [-0.1, -0.05) is 25.1 Å². The lowest BCUT2D eigenvalue weighted by molar-refractivity contribution is 0.0949. The molecule has 2 aromatic heterocycles. The van der Waals surface area contributed by atoms with Crippen LogP contribution in [0.1, 0.15) is 28.5 Å². The molecular weight excluding hydrogens is 346 g/mol. The lowest BCUT2D eigenvalue weighted by Crippen LogP contribution is -2.24. The summed E-state index contributed by atoms with van der Waals surface area (Å²) in [7, 11) is 3.13. The minimum absolute atomic E-state index is 0.203. The van der Waals surface area contributed by atoms with Gasteiger partial charge in [0.25, 0.3) is 5.91 Å². The normalized spacial score (nSPS) is 10.5. The van der Waals surface area contributed by atoms with Crippen LogP contribution in [-0.2, 0) is 13.0 Å². The van der Waals surface area contributed by atoms with Crippen LogP contribution < -0.4 is 14.8 Å². The largest absolute Gasteiger partial charge is 0.496 e. The predicted octanol–water partition coefficient (Wildman–Crippen LogP) is 2.17. The zero-order valence-corrected chi connectivity index (χ0v) is 15.5. The standard InChI is InChI=1S/C19H21N5O3/c1-4-15-14(12-21-24(15)17-9-10-18(27-3)23-22-17)19(25)20-11-13-7-5-6-8-16(13)26-2/h5-10,12H,4,11H2,1-3H3,(H,20,25). The van der Waals surface area contributed by atoms with Crippen LogP contribution in [0.15, 0.2) is 42.6 Å². The molecule has 0 bridgehead atoms. The quantitative estimate of drug-likeness (QED) is 0.688. The van der Waals surface area contributed by atoms with Crippen molar-refractivity contribution in [1.29, 1.82) is 0 Å². The summed E-state index contributed by atoms with van der Waals surface area (Å²) in [4.78, 5) is 12.7. The van der Waals surface area contributed by atoms with Gasteiger partial charge in [0.2, 0.25) is 5.88 Å². The van der Waals surface area contributed by atoms with Gasteiger partial charge in [-0.05, 0) is 18.6 Å². The highest BCUT2D eigenvalue weighted by atomic mass is 16.5. The van der Waals surface area contributed by atoms with E-state index in [2.05, 4.69) is 20.6 Å². The highest BCUT2D eigenvalue weighted by molar-refractivity contribution is 5.95. The fourth-order valence-electron chi connectivity index (χ4n) is 2.76. The number of carbonyl (C=O) groups excluding carboxylic acids is 1. The van der Waals surface area contributed by atoms with Crippen molar-refractivity contribution in [3.8, 4) is 17.4 Å². The highest BCUT2D eigenvalue weighted by Gasteiger charge is 2.18. The smallest absolute Gasteiger partial charge is 0.255 e. The Morgan fingerprint density at radius 1 is 1.11 bits per heavy atom. The number of aromatic nitrogens is 4. The van der Waals surface area contributed by atoms with Crippen molar-refractivity contribution in [2.24, 2.45) is 0 Å². The Labute approximate surface area is 157 Å². The molecule has 0 saturated carbocycles. The first-order chi connectivity index (χ1) is 13.2. The minimum atomic E-state index is -0.203. The molecular formula is C19H21N5O3. The van der Waals surface area contributed by atoms with E-state index < -0.39 is 0 Å². The van der Waals surface area contributed by atoms with E-state index in [0.717, 1.165) is 17.0 Å². The van der Waals surface area contributed by atoms with Crippen molar-refractivity contribution < 1.29 is 14.3 Å². The molecule has 2 heterocycles. The van der Waals surface area contributed by atoms with Crippen LogP contribution in [0.5, 0.6) is 11.6 Å². The van der Waals surface area contributed by atoms with Gasteiger partial charge in [0.15, 0.2) is 5.82 Å². The maximum Gasteiger partial charge on any atom is 0.255 e. The molecule has 0 unspecified atom stereocenters. The average molecular weight is 367 g/mol. The number of carbonyl (C=O) groups is 1. The lowest BCUT2D eigenvalue weighted by Gasteiger charge is -2.10. The second kappa shape index (κ2) is 8.31. The van der Waals surface area contributed by atoms with E-state index in [1.165, 1.54) is 7.11 Å². The number of ether oxygens (including phenoxy) is 2. The number of nitrogens with one attached hydrogen (secondary N) is 1. The first-order valence-electron chi connectivity index (χ1n) is 8.53. The maximum atomic E-state index is 12.7. The Balaban J connectivity index is 1.80. The highest BCUT2D eigenvalue weighted by Crippen LogP contribution is 2.18. The Morgan fingerprint density at radius 2 is 1.93 bits per heavy atom. The molecule has 140 valence electrons. The monoisotopic (exact) mass is 367 g/mol. The van der Waals surface area contributed by atoms with E-state index in [0.29, 0.717) is 30.2 Å². The molecule has 0 fully saturated rings. The number of hydrogen-bond acceptors (Lipinski definition) is 6. The van der Waals surface area contributed by atoms with Crippen LogP contribution in [0.3, 0.4) is 0 Å². The number of amides is 1. The molecule has 0 aliphatic rings. The molecule has 3 rings (SSSR count). The average Bonchev–Trinajstić information content (AvgIpc) is 3.16. The van der Waals surface area contributed by atoms with Gasteiger partial charge in [0, 0.05) is 18.2 Å². The van der Waals surface area contributed by atoms with Gasteiger partial charge >= 0.3 is 0 Å². The molecule has 0 spiro atoms. The van der Waals surface area contributed by atoms with Crippen LogP contribution in [0.25, 0.3) is 5.82 Å². The number of rotatable bonds is 7. The lowest BCUT2D eigenvalue weighted by atomic mass is 10.1. The number of methoxy groups -OCH3 is 2. The van der Waals surface area contributed by atoms with Crippen molar-refractivity contribution in [1.82, 2.24) is 25.3 Å². The van der Waals surface area contributed by atoms with Crippen LogP contribution in [0.4, 0.5) is 0 Å². The Bertz CT molecular complexity index is 921. The molecule has 0 atom stereocenters. The van der Waals surface area contributed by atoms with E-state index >= 15 is 0 Å². The topological polar surface area (TPSA) is 91.2 Å². The second-order valence-corrected chi connectivity index (χ2v) is 5.70. The van der Waals surface area contributed by atoms with Crippen molar-refractivity contribution in [3.63, 3.8) is 0 Å². The molecule has 8 nitrogen and oxygen atoms in total. The van der Waals surface area contributed by atoms with Crippen molar-refractivity contribution >= 4 is 5.91 Å². The SMILES string of the molecule is CCc1c(C(=O)NCc2ccccc2OC)cnn1-c1ccc(OC)nn1. The summed E-state index contributed by atoms with van der Waals surface area (Å²) in [6.07, 6.45) is 2.16. The van der Waals surface area contributed by atoms with E-state index in [9.17, 15) is 4.79 Å². The van der Waals surface area contributed by atoms with Gasteiger partial charge < -0.3 is 14.8 Å². The van der Waals surface area contributed by atoms with E-state index in [4.69, 9.17) is 9.47 Å². The van der Waals surface area contributed by atoms with Crippen LogP contribution in [0, 0.1) is 0 Å². The molecule has 0 radical (unpaired) electrons. The number of nitrogens with zero attached hydrogens (tertiary/aromatic N) is 4. The molecule has 1 N–H and O–H groups in total. The molecule has 27 heavy (non-hydrogen) atoms. The third kappa shape index (κ3) is 3.89. The van der Waals surface area contributed by atoms with Crippen molar-refractivity contribution in [2.45, 2.75) is 19.9 Å². The van der Waals surface area contributed by atoms with Crippen molar-refractivity contribution in [3.05, 3.63) is 59.4 Å². The summed E-state index contributed by atoms with van der Waals surface area (Å²) < 4.78 is 12.0. The van der Waals surface area contributed by atoms with Gasteiger partial charge in [-0.3, -0.25) is 4.79 Å². The number of benzene rings is 1. The Morgan fingerprint density at radius 3 is 2.59 bits per heavy atom. The molecule has 1 amide bonds. The van der Waals surface area contributed by atoms with Gasteiger partial charge in [0.05, 0.1) is 31.7 Å². The van der Waals surface area contributed by atoms with Crippen LogP contribution >= 0.6 is 0 Å². The van der Waals surface area contributed by atoms with Crippen molar-refractivity contribution in [2.75, 3.05) is 14.2 Å². The Kier molecular flexibility index (Phi) is 5.65. The fraction of sp³-hybridized carbons (Fsp3) is 0.263. The maximum absolute atomic E-state index is 12.7. The first-order valence-corrected chi connectivity index (χ1v) is 8.53. The molecule has 1 aromatic carbocycles.